The van der Waals surface area contributed by atoms with Crippen LogP contribution < -0.4 is 10.6 Å². The highest BCUT2D eigenvalue weighted by Gasteiger charge is 2.30. The zero-order chi connectivity index (χ0) is 21.1. The first kappa shape index (κ1) is 21.6. The molecule has 3 amide bonds. The second-order valence-corrected chi connectivity index (χ2v) is 7.72. The molecule has 9 heteroatoms. The van der Waals surface area contributed by atoms with E-state index < -0.39 is 34.6 Å². The number of esters is 1. The molecule has 1 aromatic rings. The second kappa shape index (κ2) is 8.53. The van der Waals surface area contributed by atoms with E-state index in [1.165, 1.54) is 0 Å². The average Bonchev–Trinajstić information content (AvgIpc) is 2.62. The van der Waals surface area contributed by atoms with E-state index >= 15 is 0 Å². The van der Waals surface area contributed by atoms with E-state index in [9.17, 15) is 23.2 Å². The lowest BCUT2D eigenvalue weighted by Gasteiger charge is -2.35. The number of urea groups is 1. The van der Waals surface area contributed by atoms with Crippen molar-refractivity contribution in [1.82, 2.24) is 10.2 Å². The van der Waals surface area contributed by atoms with Crippen LogP contribution in [0, 0.1) is 17.0 Å². The Hall–Kier alpha value is -2.71. The maximum atomic E-state index is 13.9. The summed E-state index contributed by atoms with van der Waals surface area (Å²) in [4.78, 5) is 37.7. The minimum Gasteiger partial charge on any atom is -0.465 e. The van der Waals surface area contributed by atoms with Crippen LogP contribution in [0.3, 0.4) is 0 Å². The molecule has 2 rings (SSSR count). The SMILES string of the molecule is COC(=O)c1cc(NC(=O)NC2CCN(C(=O)C(C)(C)C)CC2)c(F)cc1F. The summed E-state index contributed by atoms with van der Waals surface area (Å²) in [5.41, 5.74) is -1.28. The van der Waals surface area contributed by atoms with E-state index in [4.69, 9.17) is 0 Å². The number of benzene rings is 1. The Labute approximate surface area is 162 Å². The van der Waals surface area contributed by atoms with Crippen molar-refractivity contribution in [3.05, 3.63) is 29.3 Å². The first-order chi connectivity index (χ1) is 13.0. The van der Waals surface area contributed by atoms with Crippen LogP contribution in [0.4, 0.5) is 19.3 Å². The third-order valence-corrected chi connectivity index (χ3v) is 4.47. The molecule has 2 N–H and O–H groups in total. The number of methoxy groups -OCH3 is 1. The lowest BCUT2D eigenvalue weighted by atomic mass is 9.93. The van der Waals surface area contributed by atoms with Crippen LogP contribution in [0.5, 0.6) is 0 Å². The quantitative estimate of drug-likeness (QED) is 0.768. The molecule has 28 heavy (non-hydrogen) atoms. The smallest absolute Gasteiger partial charge is 0.340 e. The molecule has 7 nitrogen and oxygen atoms in total. The molecule has 1 aromatic carbocycles. The first-order valence-corrected chi connectivity index (χ1v) is 8.97. The Morgan fingerprint density at radius 1 is 1.11 bits per heavy atom. The fraction of sp³-hybridized carbons (Fsp3) is 0.526. The van der Waals surface area contributed by atoms with Gasteiger partial charge in [0, 0.05) is 30.6 Å². The molecular weight excluding hydrogens is 372 g/mol. The highest BCUT2D eigenvalue weighted by atomic mass is 19.1. The third-order valence-electron chi connectivity index (χ3n) is 4.47. The Morgan fingerprint density at radius 3 is 2.25 bits per heavy atom. The topological polar surface area (TPSA) is 87.7 Å². The molecule has 0 atom stereocenters. The van der Waals surface area contributed by atoms with Gasteiger partial charge in [0.15, 0.2) is 0 Å². The zero-order valence-electron chi connectivity index (χ0n) is 16.4. The number of carbonyl (C=O) groups is 3. The summed E-state index contributed by atoms with van der Waals surface area (Å²) in [5, 5.41) is 4.99. The summed E-state index contributed by atoms with van der Waals surface area (Å²) in [7, 11) is 1.07. The minimum absolute atomic E-state index is 0.0547. The number of hydrogen-bond donors (Lipinski definition) is 2. The van der Waals surface area contributed by atoms with Crippen LogP contribution in [-0.4, -0.2) is 49.0 Å². The van der Waals surface area contributed by atoms with Crippen LogP contribution in [0.15, 0.2) is 12.1 Å². The standard InChI is InChI=1S/C19H25F2N3O4/c1-19(2,3)17(26)24-7-5-11(6-8-24)22-18(27)23-15-9-12(16(25)28-4)13(20)10-14(15)21/h9-11H,5-8H2,1-4H3,(H2,22,23,27). The van der Waals surface area contributed by atoms with Gasteiger partial charge in [-0.25, -0.2) is 18.4 Å². The van der Waals surface area contributed by atoms with Crippen LogP contribution in [-0.2, 0) is 9.53 Å². The number of ether oxygens (including phenoxy) is 1. The number of nitrogens with one attached hydrogen (secondary N) is 2. The highest BCUT2D eigenvalue weighted by molar-refractivity contribution is 5.94. The molecular formula is C19H25F2N3O4. The van der Waals surface area contributed by atoms with Crippen LogP contribution in [0.2, 0.25) is 0 Å². The third kappa shape index (κ3) is 5.17. The molecule has 1 heterocycles. The molecule has 154 valence electrons. The van der Waals surface area contributed by atoms with Crippen LogP contribution in [0.1, 0.15) is 44.0 Å². The zero-order valence-corrected chi connectivity index (χ0v) is 16.4. The number of nitrogens with zero attached hydrogens (tertiary/aromatic N) is 1. The number of piperidine rings is 1. The molecule has 0 unspecified atom stereocenters. The molecule has 1 aliphatic heterocycles. The normalized spacial score (nSPS) is 15.1. The molecule has 0 aromatic heterocycles. The van der Waals surface area contributed by atoms with Crippen molar-refractivity contribution in [2.24, 2.45) is 5.41 Å². The second-order valence-electron chi connectivity index (χ2n) is 7.72. The van der Waals surface area contributed by atoms with Gasteiger partial charge in [0.25, 0.3) is 0 Å². The van der Waals surface area contributed by atoms with E-state index in [1.54, 1.807) is 4.90 Å². The Morgan fingerprint density at radius 2 is 1.71 bits per heavy atom. The fourth-order valence-electron chi connectivity index (χ4n) is 2.96. The Kier molecular flexibility index (Phi) is 6.58. The molecule has 0 spiro atoms. The lowest BCUT2D eigenvalue weighted by Crippen LogP contribution is -2.50. The minimum atomic E-state index is -1.08. The van der Waals surface area contributed by atoms with Crippen LogP contribution >= 0.6 is 0 Å². The number of likely N-dealkylation sites (tertiary alicyclic amines) is 1. The number of hydrogen-bond acceptors (Lipinski definition) is 4. The van der Waals surface area contributed by atoms with Gasteiger partial charge in [-0.2, -0.15) is 0 Å². The fourth-order valence-corrected chi connectivity index (χ4v) is 2.96. The van der Waals surface area contributed by atoms with Gasteiger partial charge in [0.2, 0.25) is 5.91 Å². The molecule has 0 radical (unpaired) electrons. The summed E-state index contributed by atoms with van der Waals surface area (Å²) < 4.78 is 32.0. The van der Waals surface area contributed by atoms with Crippen molar-refractivity contribution in [3.63, 3.8) is 0 Å². The average molecular weight is 397 g/mol. The highest BCUT2D eigenvalue weighted by Crippen LogP contribution is 2.22. The van der Waals surface area contributed by atoms with Gasteiger partial charge in [-0.1, -0.05) is 20.8 Å². The van der Waals surface area contributed by atoms with Crippen LogP contribution in [0.25, 0.3) is 0 Å². The van der Waals surface area contributed by atoms with Crippen molar-refractivity contribution in [2.75, 3.05) is 25.5 Å². The largest absolute Gasteiger partial charge is 0.465 e. The van der Waals surface area contributed by atoms with Gasteiger partial charge < -0.3 is 20.3 Å². The van der Waals surface area contributed by atoms with Crippen molar-refractivity contribution in [2.45, 2.75) is 39.7 Å². The molecule has 0 aliphatic carbocycles. The van der Waals surface area contributed by atoms with E-state index in [-0.39, 0.29) is 17.6 Å². The molecule has 0 bridgehead atoms. The van der Waals surface area contributed by atoms with Crippen molar-refractivity contribution in [3.8, 4) is 0 Å². The van der Waals surface area contributed by atoms with Crippen molar-refractivity contribution < 1.29 is 27.9 Å². The van der Waals surface area contributed by atoms with E-state index in [2.05, 4.69) is 15.4 Å². The summed E-state index contributed by atoms with van der Waals surface area (Å²) in [5.74, 6) is -3.01. The summed E-state index contributed by atoms with van der Waals surface area (Å²) in [6.45, 7) is 6.59. The number of anilines is 1. The van der Waals surface area contributed by atoms with Gasteiger partial charge >= 0.3 is 12.0 Å². The van der Waals surface area contributed by atoms with Crippen molar-refractivity contribution in [1.29, 1.82) is 0 Å². The number of carbonyl (C=O) groups excluding carboxylic acids is 3. The predicted octanol–water partition coefficient (Wildman–Crippen LogP) is 2.91. The molecule has 0 saturated carbocycles. The maximum absolute atomic E-state index is 13.9. The van der Waals surface area contributed by atoms with E-state index in [1.807, 2.05) is 20.8 Å². The predicted molar refractivity (Wildman–Crippen MR) is 98.9 cm³/mol. The summed E-state index contributed by atoms with van der Waals surface area (Å²) in [6, 6.07) is 0.536. The number of rotatable bonds is 3. The number of amides is 3. The molecule has 1 aliphatic rings. The van der Waals surface area contributed by atoms with Crippen molar-refractivity contribution >= 4 is 23.6 Å². The maximum Gasteiger partial charge on any atom is 0.340 e. The molecule has 1 fully saturated rings. The summed E-state index contributed by atoms with van der Waals surface area (Å²) in [6.07, 6.45) is 1.13. The van der Waals surface area contributed by atoms with E-state index in [0.29, 0.717) is 32.0 Å². The Bertz CT molecular complexity index is 769. The Balaban J connectivity index is 1.95. The van der Waals surface area contributed by atoms with Gasteiger partial charge in [-0.3, -0.25) is 4.79 Å². The first-order valence-electron chi connectivity index (χ1n) is 8.97. The van der Waals surface area contributed by atoms with E-state index in [0.717, 1.165) is 13.2 Å². The lowest BCUT2D eigenvalue weighted by molar-refractivity contribution is -0.140. The number of halogens is 2. The van der Waals surface area contributed by atoms with Gasteiger partial charge in [-0.05, 0) is 18.9 Å². The van der Waals surface area contributed by atoms with Gasteiger partial charge in [0.05, 0.1) is 18.4 Å². The van der Waals surface area contributed by atoms with Gasteiger partial charge in [-0.15, -0.1) is 0 Å². The van der Waals surface area contributed by atoms with Gasteiger partial charge in [0.1, 0.15) is 11.6 Å². The molecule has 1 saturated heterocycles. The summed E-state index contributed by atoms with van der Waals surface area (Å²) >= 11 is 0. The monoisotopic (exact) mass is 397 g/mol.